The minimum Gasteiger partial charge on any atom is -0.481 e. The highest BCUT2D eigenvalue weighted by atomic mass is 16.4. The Bertz CT molecular complexity index is 679. The number of carboxylic acids is 1. The van der Waals surface area contributed by atoms with Crippen LogP contribution in [0.25, 0.3) is 11.0 Å². The second-order valence-corrected chi connectivity index (χ2v) is 6.05. The van der Waals surface area contributed by atoms with E-state index in [4.69, 9.17) is 10.1 Å². The van der Waals surface area contributed by atoms with Crippen LogP contribution in [0.4, 0.5) is 5.82 Å². The van der Waals surface area contributed by atoms with Crippen LogP contribution in [0.2, 0.25) is 0 Å². The zero-order chi connectivity index (χ0) is 15.5. The van der Waals surface area contributed by atoms with Gasteiger partial charge in [-0.05, 0) is 30.9 Å². The number of rotatable bonds is 4. The van der Waals surface area contributed by atoms with E-state index >= 15 is 0 Å². The van der Waals surface area contributed by atoms with E-state index < -0.39 is 5.97 Å². The topological polar surface area (TPSA) is 66.3 Å². The summed E-state index contributed by atoms with van der Waals surface area (Å²) >= 11 is 0. The maximum absolute atomic E-state index is 10.9. The van der Waals surface area contributed by atoms with Crippen LogP contribution < -0.4 is 4.90 Å². The Kier molecular flexibility index (Phi) is 4.22. The van der Waals surface area contributed by atoms with E-state index in [1.165, 1.54) is 0 Å². The number of aromatic nitrogens is 2. The van der Waals surface area contributed by atoms with Crippen molar-refractivity contribution in [2.75, 3.05) is 18.0 Å². The normalized spacial score (nSPS) is 16.1. The molecule has 3 rings (SSSR count). The smallest absolute Gasteiger partial charge is 0.303 e. The second kappa shape index (κ2) is 6.30. The van der Waals surface area contributed by atoms with Crippen LogP contribution in [0.15, 0.2) is 24.3 Å². The molecule has 22 heavy (non-hydrogen) atoms. The van der Waals surface area contributed by atoms with Gasteiger partial charge in [0.2, 0.25) is 0 Å². The summed E-state index contributed by atoms with van der Waals surface area (Å²) in [5, 5.41) is 8.96. The predicted octanol–water partition coefficient (Wildman–Crippen LogP) is 2.88. The number of nitrogens with zero attached hydrogens (tertiary/aromatic N) is 3. The molecular formula is C17H21N3O2. The minimum absolute atomic E-state index is 0.0876. The first-order valence-corrected chi connectivity index (χ1v) is 7.86. The molecule has 1 aromatic carbocycles. The number of carboxylic acid groups (broad SMARTS) is 1. The molecule has 0 radical (unpaired) electrons. The SMILES string of the molecule is CC1CCN(c2nc3ccccc3nc2CCC(=O)O)CC1. The molecule has 1 aliphatic heterocycles. The lowest BCUT2D eigenvalue weighted by molar-refractivity contribution is -0.136. The van der Waals surface area contributed by atoms with E-state index in [9.17, 15) is 4.79 Å². The molecule has 0 unspecified atom stereocenters. The van der Waals surface area contributed by atoms with E-state index in [0.29, 0.717) is 6.42 Å². The van der Waals surface area contributed by atoms with Crippen molar-refractivity contribution in [3.05, 3.63) is 30.0 Å². The van der Waals surface area contributed by atoms with Crippen molar-refractivity contribution in [3.63, 3.8) is 0 Å². The van der Waals surface area contributed by atoms with Gasteiger partial charge in [-0.15, -0.1) is 0 Å². The number of hydrogen-bond acceptors (Lipinski definition) is 4. The summed E-state index contributed by atoms with van der Waals surface area (Å²) in [6.07, 6.45) is 2.80. The fourth-order valence-electron chi connectivity index (χ4n) is 2.89. The summed E-state index contributed by atoms with van der Waals surface area (Å²) in [6.45, 7) is 4.21. The molecule has 1 N–H and O–H groups in total. The van der Waals surface area contributed by atoms with Gasteiger partial charge in [0, 0.05) is 19.5 Å². The van der Waals surface area contributed by atoms with Gasteiger partial charge in [0.25, 0.3) is 0 Å². The summed E-state index contributed by atoms with van der Waals surface area (Å²) < 4.78 is 0. The van der Waals surface area contributed by atoms with Gasteiger partial charge in [-0.2, -0.15) is 0 Å². The van der Waals surface area contributed by atoms with Crippen LogP contribution in [0.3, 0.4) is 0 Å². The van der Waals surface area contributed by atoms with Gasteiger partial charge < -0.3 is 10.0 Å². The maximum Gasteiger partial charge on any atom is 0.303 e. The Balaban J connectivity index is 1.97. The van der Waals surface area contributed by atoms with Crippen molar-refractivity contribution in [2.45, 2.75) is 32.6 Å². The van der Waals surface area contributed by atoms with Crippen molar-refractivity contribution in [1.82, 2.24) is 9.97 Å². The second-order valence-electron chi connectivity index (χ2n) is 6.05. The van der Waals surface area contributed by atoms with Crippen molar-refractivity contribution in [2.24, 2.45) is 5.92 Å². The molecule has 0 spiro atoms. The Morgan fingerprint density at radius 3 is 2.50 bits per heavy atom. The van der Waals surface area contributed by atoms with Crippen LogP contribution in [0, 0.1) is 5.92 Å². The van der Waals surface area contributed by atoms with E-state index in [0.717, 1.165) is 54.4 Å². The lowest BCUT2D eigenvalue weighted by atomic mass is 9.99. The van der Waals surface area contributed by atoms with Crippen molar-refractivity contribution < 1.29 is 9.90 Å². The molecule has 5 heteroatoms. The average molecular weight is 299 g/mol. The summed E-state index contributed by atoms with van der Waals surface area (Å²) in [6, 6.07) is 7.77. The number of aliphatic carboxylic acids is 1. The van der Waals surface area contributed by atoms with Crippen molar-refractivity contribution >= 4 is 22.8 Å². The number of hydrogen-bond donors (Lipinski definition) is 1. The van der Waals surface area contributed by atoms with Crippen LogP contribution in [-0.4, -0.2) is 34.1 Å². The molecular weight excluding hydrogens is 278 g/mol. The van der Waals surface area contributed by atoms with Crippen LogP contribution >= 0.6 is 0 Å². The lowest BCUT2D eigenvalue weighted by Gasteiger charge is -2.32. The number of piperidine rings is 1. The number of para-hydroxylation sites is 2. The van der Waals surface area contributed by atoms with E-state index in [1.54, 1.807) is 0 Å². The molecule has 1 aromatic heterocycles. The highest BCUT2D eigenvalue weighted by Crippen LogP contribution is 2.26. The minimum atomic E-state index is -0.798. The number of fused-ring (bicyclic) bond motifs is 1. The summed E-state index contributed by atoms with van der Waals surface area (Å²) in [5.41, 5.74) is 2.50. The molecule has 116 valence electrons. The predicted molar refractivity (Wildman–Crippen MR) is 86.1 cm³/mol. The molecule has 0 bridgehead atoms. The van der Waals surface area contributed by atoms with Gasteiger partial charge in [-0.1, -0.05) is 19.1 Å². The van der Waals surface area contributed by atoms with Crippen molar-refractivity contribution in [3.8, 4) is 0 Å². The highest BCUT2D eigenvalue weighted by Gasteiger charge is 2.21. The van der Waals surface area contributed by atoms with Gasteiger partial charge in [0.15, 0.2) is 5.82 Å². The molecule has 0 saturated carbocycles. The Labute approximate surface area is 130 Å². The maximum atomic E-state index is 10.9. The monoisotopic (exact) mass is 299 g/mol. The Hall–Kier alpha value is -2.17. The number of aryl methyl sites for hydroxylation is 1. The lowest BCUT2D eigenvalue weighted by Crippen LogP contribution is -2.34. The fourth-order valence-corrected chi connectivity index (χ4v) is 2.89. The summed E-state index contributed by atoms with van der Waals surface area (Å²) in [4.78, 5) is 22.6. The molecule has 1 saturated heterocycles. The fraction of sp³-hybridized carbons (Fsp3) is 0.471. The zero-order valence-electron chi connectivity index (χ0n) is 12.8. The van der Waals surface area contributed by atoms with Gasteiger partial charge >= 0.3 is 5.97 Å². The van der Waals surface area contributed by atoms with Crippen LogP contribution in [0.1, 0.15) is 31.9 Å². The van der Waals surface area contributed by atoms with Gasteiger partial charge in [0.1, 0.15) is 0 Å². The first kappa shape index (κ1) is 14.8. The van der Waals surface area contributed by atoms with Crippen LogP contribution in [0.5, 0.6) is 0 Å². The third kappa shape index (κ3) is 3.18. The molecule has 1 fully saturated rings. The third-order valence-electron chi connectivity index (χ3n) is 4.28. The molecule has 5 nitrogen and oxygen atoms in total. The highest BCUT2D eigenvalue weighted by molar-refractivity contribution is 5.77. The Morgan fingerprint density at radius 1 is 1.23 bits per heavy atom. The van der Waals surface area contributed by atoms with Gasteiger partial charge in [-0.3, -0.25) is 4.79 Å². The van der Waals surface area contributed by atoms with Crippen molar-refractivity contribution in [1.29, 1.82) is 0 Å². The first-order chi connectivity index (χ1) is 10.6. The standard InChI is InChI=1S/C17H21N3O2/c1-12-8-10-20(11-9-12)17-15(6-7-16(21)22)18-13-4-2-3-5-14(13)19-17/h2-5,12H,6-11H2,1H3,(H,21,22). The molecule has 0 aliphatic carbocycles. The number of benzene rings is 1. The molecule has 0 atom stereocenters. The zero-order valence-corrected chi connectivity index (χ0v) is 12.8. The molecule has 2 aromatic rings. The van der Waals surface area contributed by atoms with Gasteiger partial charge in [-0.25, -0.2) is 9.97 Å². The summed E-state index contributed by atoms with van der Waals surface area (Å²) in [7, 11) is 0. The largest absolute Gasteiger partial charge is 0.481 e. The molecule has 0 amide bonds. The van der Waals surface area contributed by atoms with E-state index in [-0.39, 0.29) is 6.42 Å². The summed E-state index contributed by atoms with van der Waals surface area (Å²) in [5.74, 6) is 0.812. The average Bonchev–Trinajstić information content (AvgIpc) is 2.53. The molecule has 1 aliphatic rings. The number of anilines is 1. The quantitative estimate of drug-likeness (QED) is 0.940. The van der Waals surface area contributed by atoms with Crippen LogP contribution in [-0.2, 0) is 11.2 Å². The third-order valence-corrected chi connectivity index (χ3v) is 4.28. The van der Waals surface area contributed by atoms with E-state index in [1.807, 2.05) is 24.3 Å². The Morgan fingerprint density at radius 2 is 1.86 bits per heavy atom. The molecule has 2 heterocycles. The first-order valence-electron chi connectivity index (χ1n) is 7.86. The van der Waals surface area contributed by atoms with E-state index in [2.05, 4.69) is 16.8 Å². The number of carbonyl (C=O) groups is 1. The van der Waals surface area contributed by atoms with Gasteiger partial charge in [0.05, 0.1) is 23.1 Å².